The van der Waals surface area contributed by atoms with Crippen LogP contribution in [0.15, 0.2) is 79.0 Å². The zero-order chi connectivity index (χ0) is 26.9. The number of benzene rings is 3. The van der Waals surface area contributed by atoms with E-state index in [1.165, 1.54) is 10.9 Å². The standard InChI is InChI=1S/C29H23ClN4O4/c1-18(22-9-5-6-10-24(22)30)38-28(37)33-26-20(16-31)17-32-34(26)25-15-21(29(13-14-29)27(35)36)11-12-23(25)19-7-3-2-4-8-19/h2-12,15,17-18H,13-14H2,1H3,(H,33,37)(H,35,36). The fraction of sp³-hybridized carbons (Fsp3) is 0.172. The van der Waals surface area contributed by atoms with Gasteiger partial charge in [-0.1, -0.05) is 72.3 Å². The summed E-state index contributed by atoms with van der Waals surface area (Å²) in [7, 11) is 0. The van der Waals surface area contributed by atoms with Gasteiger partial charge in [-0.2, -0.15) is 10.4 Å². The quantitative estimate of drug-likeness (QED) is 0.284. The van der Waals surface area contributed by atoms with E-state index >= 15 is 0 Å². The van der Waals surface area contributed by atoms with Crippen LogP contribution in [-0.4, -0.2) is 26.9 Å². The van der Waals surface area contributed by atoms with Crippen LogP contribution >= 0.6 is 11.6 Å². The van der Waals surface area contributed by atoms with Crippen molar-refractivity contribution in [1.29, 1.82) is 5.26 Å². The Hall–Kier alpha value is -4.61. The third-order valence-electron chi connectivity index (χ3n) is 6.76. The summed E-state index contributed by atoms with van der Waals surface area (Å²) in [6.45, 7) is 1.70. The van der Waals surface area contributed by atoms with Crippen LogP contribution in [0.25, 0.3) is 16.8 Å². The van der Waals surface area contributed by atoms with Gasteiger partial charge in [-0.25, -0.2) is 9.48 Å². The first-order valence-electron chi connectivity index (χ1n) is 12.0. The summed E-state index contributed by atoms with van der Waals surface area (Å²) in [5.41, 5.74) is 2.59. The van der Waals surface area contributed by atoms with Gasteiger partial charge >= 0.3 is 12.1 Å². The molecule has 5 rings (SSSR count). The van der Waals surface area contributed by atoms with Crippen LogP contribution in [0.1, 0.15) is 42.6 Å². The first-order valence-corrected chi connectivity index (χ1v) is 12.4. The zero-order valence-electron chi connectivity index (χ0n) is 20.4. The Morgan fingerprint density at radius 1 is 1.13 bits per heavy atom. The molecule has 1 heterocycles. The van der Waals surface area contributed by atoms with Crippen LogP contribution in [0.5, 0.6) is 0 Å². The predicted octanol–water partition coefficient (Wildman–Crippen LogP) is 6.49. The van der Waals surface area contributed by atoms with Gasteiger partial charge < -0.3 is 9.84 Å². The number of hydrogen-bond acceptors (Lipinski definition) is 5. The molecule has 1 fully saturated rings. The summed E-state index contributed by atoms with van der Waals surface area (Å²) >= 11 is 6.24. The summed E-state index contributed by atoms with van der Waals surface area (Å²) < 4.78 is 6.99. The predicted molar refractivity (Wildman–Crippen MR) is 142 cm³/mol. The summed E-state index contributed by atoms with van der Waals surface area (Å²) in [4.78, 5) is 25.0. The number of nitrogens with zero attached hydrogens (tertiary/aromatic N) is 3. The Bertz CT molecular complexity index is 1570. The zero-order valence-corrected chi connectivity index (χ0v) is 21.1. The van der Waals surface area contributed by atoms with Crippen LogP contribution in [0.3, 0.4) is 0 Å². The highest BCUT2D eigenvalue weighted by Crippen LogP contribution is 2.49. The molecule has 1 amide bonds. The number of carbonyl (C=O) groups is 2. The van der Waals surface area contributed by atoms with Crippen LogP contribution in [-0.2, 0) is 14.9 Å². The summed E-state index contributed by atoms with van der Waals surface area (Å²) in [5.74, 6) is -0.775. The van der Waals surface area contributed by atoms with E-state index in [1.54, 1.807) is 37.3 Å². The van der Waals surface area contributed by atoms with Crippen LogP contribution in [0, 0.1) is 11.3 Å². The van der Waals surface area contributed by atoms with Crippen molar-refractivity contribution in [3.63, 3.8) is 0 Å². The molecular formula is C29H23ClN4O4. The number of hydrogen-bond donors (Lipinski definition) is 2. The fourth-order valence-corrected chi connectivity index (χ4v) is 4.79. The van der Waals surface area contributed by atoms with Gasteiger partial charge in [0.25, 0.3) is 0 Å². The number of aromatic nitrogens is 2. The number of amides is 1. The number of anilines is 1. The number of carbonyl (C=O) groups excluding carboxylic acids is 1. The Kier molecular flexibility index (Phi) is 6.62. The molecule has 1 saturated carbocycles. The molecule has 9 heteroatoms. The van der Waals surface area contributed by atoms with Gasteiger partial charge in [0.15, 0.2) is 5.82 Å². The normalized spacial score (nSPS) is 14.2. The molecule has 0 saturated heterocycles. The van der Waals surface area contributed by atoms with Gasteiger partial charge in [-0.3, -0.25) is 10.1 Å². The molecule has 2 N–H and O–H groups in total. The third-order valence-corrected chi connectivity index (χ3v) is 7.10. The minimum atomic E-state index is -0.952. The van der Waals surface area contributed by atoms with E-state index in [2.05, 4.69) is 16.5 Å². The molecule has 1 unspecified atom stereocenters. The number of halogens is 1. The van der Waals surface area contributed by atoms with Crippen molar-refractivity contribution in [2.24, 2.45) is 0 Å². The lowest BCUT2D eigenvalue weighted by atomic mass is 9.92. The maximum atomic E-state index is 12.9. The maximum Gasteiger partial charge on any atom is 0.413 e. The van der Waals surface area contributed by atoms with Gasteiger partial charge in [0, 0.05) is 16.1 Å². The molecule has 0 spiro atoms. The van der Waals surface area contributed by atoms with E-state index in [0.717, 1.165) is 11.1 Å². The van der Waals surface area contributed by atoms with Gasteiger partial charge in [-0.05, 0) is 43.0 Å². The molecule has 1 aliphatic rings. The lowest BCUT2D eigenvalue weighted by Crippen LogP contribution is -2.21. The van der Waals surface area contributed by atoms with E-state index < -0.39 is 23.6 Å². The smallest absolute Gasteiger partial charge is 0.413 e. The van der Waals surface area contributed by atoms with E-state index in [0.29, 0.717) is 34.7 Å². The van der Waals surface area contributed by atoms with Crippen molar-refractivity contribution in [1.82, 2.24) is 9.78 Å². The molecule has 190 valence electrons. The lowest BCUT2D eigenvalue weighted by molar-refractivity contribution is -0.140. The maximum absolute atomic E-state index is 12.9. The molecule has 8 nitrogen and oxygen atoms in total. The molecule has 1 atom stereocenters. The van der Waals surface area contributed by atoms with Crippen molar-refractivity contribution in [3.8, 4) is 22.9 Å². The summed E-state index contributed by atoms with van der Waals surface area (Å²) in [5, 5.41) is 27.1. The number of carboxylic acid groups (broad SMARTS) is 1. The average Bonchev–Trinajstić information content (AvgIpc) is 3.65. The number of ether oxygens (including phenoxy) is 1. The summed E-state index contributed by atoms with van der Waals surface area (Å²) in [6, 6.07) is 24.0. The molecule has 0 bridgehead atoms. The number of nitriles is 1. The fourth-order valence-electron chi connectivity index (χ4n) is 4.51. The van der Waals surface area contributed by atoms with Gasteiger partial charge in [0.1, 0.15) is 17.7 Å². The topological polar surface area (TPSA) is 117 Å². The number of carboxylic acids is 1. The van der Waals surface area contributed by atoms with E-state index in [9.17, 15) is 20.0 Å². The largest absolute Gasteiger partial charge is 0.481 e. The monoisotopic (exact) mass is 526 g/mol. The third kappa shape index (κ3) is 4.60. The van der Waals surface area contributed by atoms with Crippen molar-refractivity contribution >= 4 is 29.5 Å². The van der Waals surface area contributed by atoms with Crippen molar-refractivity contribution in [3.05, 3.63) is 101 Å². The highest BCUT2D eigenvalue weighted by Gasteiger charge is 2.52. The second-order valence-corrected chi connectivity index (χ2v) is 9.52. The molecule has 0 radical (unpaired) electrons. The van der Waals surface area contributed by atoms with Gasteiger partial charge in [-0.15, -0.1) is 0 Å². The van der Waals surface area contributed by atoms with Crippen molar-refractivity contribution in [2.45, 2.75) is 31.3 Å². The SMILES string of the molecule is CC(OC(=O)Nc1c(C#N)cnn1-c1cc(C2(C(=O)O)CC2)ccc1-c1ccccc1)c1ccccc1Cl. The van der Waals surface area contributed by atoms with Crippen molar-refractivity contribution < 1.29 is 19.4 Å². The Morgan fingerprint density at radius 2 is 1.84 bits per heavy atom. The minimum absolute atomic E-state index is 0.110. The average molecular weight is 527 g/mol. The molecule has 3 aromatic carbocycles. The molecule has 1 aliphatic carbocycles. The van der Waals surface area contributed by atoms with Crippen LogP contribution in [0.4, 0.5) is 10.6 Å². The molecule has 1 aromatic heterocycles. The Morgan fingerprint density at radius 3 is 2.50 bits per heavy atom. The highest BCUT2D eigenvalue weighted by molar-refractivity contribution is 6.31. The molecule has 0 aliphatic heterocycles. The summed E-state index contributed by atoms with van der Waals surface area (Å²) in [6.07, 6.45) is 0.966. The Labute approximate surface area is 224 Å². The van der Waals surface area contributed by atoms with Crippen LogP contribution < -0.4 is 5.32 Å². The number of nitrogens with one attached hydrogen (secondary N) is 1. The van der Waals surface area contributed by atoms with Crippen LogP contribution in [0.2, 0.25) is 5.02 Å². The minimum Gasteiger partial charge on any atom is -0.481 e. The van der Waals surface area contributed by atoms with E-state index in [4.69, 9.17) is 16.3 Å². The Balaban J connectivity index is 1.55. The first kappa shape index (κ1) is 25.1. The second-order valence-electron chi connectivity index (χ2n) is 9.11. The number of rotatable bonds is 7. The van der Waals surface area contributed by atoms with Gasteiger partial charge in [0.05, 0.1) is 17.3 Å². The second kappa shape index (κ2) is 10.0. The van der Waals surface area contributed by atoms with E-state index in [1.807, 2.05) is 42.5 Å². The molecule has 4 aromatic rings. The number of aliphatic carboxylic acids is 1. The first-order chi connectivity index (χ1) is 18.3. The van der Waals surface area contributed by atoms with E-state index in [-0.39, 0.29) is 11.4 Å². The van der Waals surface area contributed by atoms with Crippen molar-refractivity contribution in [2.75, 3.05) is 5.32 Å². The lowest BCUT2D eigenvalue weighted by Gasteiger charge is -2.19. The highest BCUT2D eigenvalue weighted by atomic mass is 35.5. The molecule has 38 heavy (non-hydrogen) atoms. The van der Waals surface area contributed by atoms with Gasteiger partial charge in [0.2, 0.25) is 0 Å². The molecular weight excluding hydrogens is 504 g/mol.